The van der Waals surface area contributed by atoms with E-state index in [1.165, 1.54) is 46.7 Å². The van der Waals surface area contributed by atoms with Crippen molar-refractivity contribution < 1.29 is 23.7 Å². The van der Waals surface area contributed by atoms with Crippen LogP contribution in [0.1, 0.15) is 34.3 Å². The Kier molecular flexibility index (Phi) is 7.79. The Morgan fingerprint density at radius 3 is 1.79 bits per heavy atom. The fraction of sp³-hybridized carbons (Fsp3) is 0.344. The molecule has 1 amide bonds. The first-order chi connectivity index (χ1) is 19.0. The van der Waals surface area contributed by atoms with Gasteiger partial charge in [-0.05, 0) is 94.9 Å². The first kappa shape index (κ1) is 26.6. The van der Waals surface area contributed by atoms with E-state index in [-0.39, 0.29) is 5.91 Å². The van der Waals surface area contributed by atoms with Gasteiger partial charge in [-0.3, -0.25) is 9.69 Å². The van der Waals surface area contributed by atoms with Crippen LogP contribution in [0.3, 0.4) is 0 Å². The van der Waals surface area contributed by atoms with E-state index in [0.717, 1.165) is 41.3 Å². The second-order valence-electron chi connectivity index (χ2n) is 9.88. The van der Waals surface area contributed by atoms with Crippen LogP contribution in [0.25, 0.3) is 21.5 Å². The van der Waals surface area contributed by atoms with Gasteiger partial charge in [0, 0.05) is 25.2 Å². The summed E-state index contributed by atoms with van der Waals surface area (Å²) in [5.41, 5.74) is 3.53. The van der Waals surface area contributed by atoms with Gasteiger partial charge in [-0.25, -0.2) is 0 Å². The summed E-state index contributed by atoms with van der Waals surface area (Å²) in [6.07, 6.45) is 3.63. The molecule has 0 radical (unpaired) electrons. The van der Waals surface area contributed by atoms with Gasteiger partial charge in [0.2, 0.25) is 0 Å². The fourth-order valence-corrected chi connectivity index (χ4v) is 5.95. The predicted octanol–water partition coefficient (Wildman–Crippen LogP) is 5.59. The maximum atomic E-state index is 10.9. The monoisotopic (exact) mass is 528 g/mol. The Morgan fingerprint density at radius 2 is 1.28 bits per heavy atom. The Labute approximate surface area is 229 Å². The minimum absolute atomic E-state index is 0.0411. The first-order valence-corrected chi connectivity index (χ1v) is 13.3. The molecule has 2 aliphatic heterocycles. The lowest BCUT2D eigenvalue weighted by molar-refractivity contribution is 0.0963. The van der Waals surface area contributed by atoms with Gasteiger partial charge in [-0.2, -0.15) is 0 Å². The number of ether oxygens (including phenoxy) is 4. The van der Waals surface area contributed by atoms with Crippen molar-refractivity contribution in [3.63, 3.8) is 0 Å². The summed E-state index contributed by atoms with van der Waals surface area (Å²) in [4.78, 5) is 13.5. The highest BCUT2D eigenvalue weighted by molar-refractivity contribution is 6.13. The van der Waals surface area contributed by atoms with E-state index in [4.69, 9.17) is 18.9 Å². The minimum atomic E-state index is -0.0411. The molecule has 0 aliphatic carbocycles. The number of hydrogen-bond donors (Lipinski definition) is 1. The van der Waals surface area contributed by atoms with Crippen molar-refractivity contribution in [2.75, 3.05) is 42.0 Å². The average Bonchev–Trinajstić information content (AvgIpc) is 3.46. The van der Waals surface area contributed by atoms with E-state index >= 15 is 0 Å². The normalized spacial score (nSPS) is 16.1. The molecule has 2 heterocycles. The van der Waals surface area contributed by atoms with Gasteiger partial charge in [-0.1, -0.05) is 18.2 Å². The maximum Gasteiger partial charge on any atom is 0.251 e. The van der Waals surface area contributed by atoms with E-state index in [2.05, 4.69) is 34.5 Å². The molecule has 2 aliphatic rings. The lowest BCUT2D eigenvalue weighted by atomic mass is 9.85. The molecule has 0 bridgehead atoms. The van der Waals surface area contributed by atoms with Crippen molar-refractivity contribution in [3.8, 4) is 23.0 Å². The Bertz CT molecular complexity index is 1420. The smallest absolute Gasteiger partial charge is 0.251 e. The van der Waals surface area contributed by atoms with Crippen molar-refractivity contribution in [2.24, 2.45) is 0 Å². The average molecular weight is 529 g/mol. The number of carbonyl (C=O) groups excluding carboxylic acids is 1. The highest BCUT2D eigenvalue weighted by Gasteiger charge is 2.33. The van der Waals surface area contributed by atoms with Crippen molar-refractivity contribution in [2.45, 2.75) is 31.8 Å². The topological polar surface area (TPSA) is 69.3 Å². The van der Waals surface area contributed by atoms with Crippen LogP contribution in [-0.2, 0) is 13.0 Å². The number of nitrogens with one attached hydrogen (secondary N) is 1. The van der Waals surface area contributed by atoms with Crippen LogP contribution in [0.4, 0.5) is 0 Å². The SMILES string of the molecule is CNC(=O)c1ccccc1.COc1cc2c3c(c4cc(OC)c(OC)cc4c2cc1OC)CN1CCC[C@H]1C3. The van der Waals surface area contributed by atoms with Crippen LogP contribution < -0.4 is 24.3 Å². The second kappa shape index (κ2) is 11.4. The fourth-order valence-electron chi connectivity index (χ4n) is 5.95. The molecular formula is C32H36N2O5. The number of carbonyl (C=O) groups is 1. The summed E-state index contributed by atoms with van der Waals surface area (Å²) in [5, 5.41) is 7.37. The second-order valence-corrected chi connectivity index (χ2v) is 9.88. The third kappa shape index (κ3) is 4.94. The zero-order valence-electron chi connectivity index (χ0n) is 23.3. The molecule has 0 aromatic heterocycles. The summed E-state index contributed by atoms with van der Waals surface area (Å²) in [7, 11) is 8.38. The molecule has 0 spiro atoms. The molecule has 1 saturated heterocycles. The predicted molar refractivity (Wildman–Crippen MR) is 155 cm³/mol. The molecule has 1 fully saturated rings. The van der Waals surface area contributed by atoms with Crippen LogP contribution in [0.2, 0.25) is 0 Å². The van der Waals surface area contributed by atoms with E-state index in [1.807, 2.05) is 18.2 Å². The summed E-state index contributed by atoms with van der Waals surface area (Å²) in [5.74, 6) is 2.99. The molecule has 0 saturated carbocycles. The summed E-state index contributed by atoms with van der Waals surface area (Å²) >= 11 is 0. The van der Waals surface area contributed by atoms with Crippen LogP contribution in [0, 0.1) is 0 Å². The van der Waals surface area contributed by atoms with E-state index in [1.54, 1.807) is 47.6 Å². The van der Waals surface area contributed by atoms with Gasteiger partial charge in [0.1, 0.15) is 0 Å². The van der Waals surface area contributed by atoms with Gasteiger partial charge in [0.25, 0.3) is 5.91 Å². The number of fused-ring (bicyclic) bond motifs is 7. The molecule has 7 heteroatoms. The van der Waals surface area contributed by atoms with Gasteiger partial charge >= 0.3 is 0 Å². The standard InChI is InChI=1S/C24H27NO4.C8H9NO/c1-26-21-9-16-15-8-14-6-5-7-25(14)13-20(15)19-12-24(29-4)23(28-3)11-18(19)17(16)10-22(21)27-2;1-9-8(10)7-5-3-2-4-6-7/h9-12,14H,5-8,13H2,1-4H3;2-6H,1H3,(H,9,10)/t14-;/m0./s1. The molecule has 39 heavy (non-hydrogen) atoms. The largest absolute Gasteiger partial charge is 0.493 e. The van der Waals surface area contributed by atoms with E-state index in [9.17, 15) is 4.79 Å². The highest BCUT2D eigenvalue weighted by atomic mass is 16.5. The zero-order chi connectivity index (χ0) is 27.5. The van der Waals surface area contributed by atoms with Crippen molar-refractivity contribution in [3.05, 3.63) is 71.3 Å². The Morgan fingerprint density at radius 1 is 0.769 bits per heavy atom. The number of rotatable bonds is 5. The molecule has 4 aromatic rings. The van der Waals surface area contributed by atoms with Crippen LogP contribution in [0.15, 0.2) is 54.6 Å². The molecule has 4 aromatic carbocycles. The molecule has 204 valence electrons. The maximum absolute atomic E-state index is 10.9. The quantitative estimate of drug-likeness (QED) is 0.341. The molecule has 6 rings (SSSR count). The van der Waals surface area contributed by atoms with Crippen molar-refractivity contribution >= 4 is 27.5 Å². The molecule has 0 unspecified atom stereocenters. The summed E-state index contributed by atoms with van der Waals surface area (Å²) < 4.78 is 22.5. The Balaban J connectivity index is 0.000000261. The summed E-state index contributed by atoms with van der Waals surface area (Å²) in [6.45, 7) is 2.17. The number of amides is 1. The van der Waals surface area contributed by atoms with Crippen LogP contribution >= 0.6 is 0 Å². The number of hydrogen-bond acceptors (Lipinski definition) is 6. The van der Waals surface area contributed by atoms with E-state index in [0.29, 0.717) is 11.6 Å². The lowest BCUT2D eigenvalue weighted by Gasteiger charge is -2.33. The molecule has 1 N–H and O–H groups in total. The van der Waals surface area contributed by atoms with Gasteiger partial charge in [0.05, 0.1) is 28.4 Å². The minimum Gasteiger partial charge on any atom is -0.493 e. The van der Waals surface area contributed by atoms with Gasteiger partial charge in [0.15, 0.2) is 23.0 Å². The molecule has 7 nitrogen and oxygen atoms in total. The van der Waals surface area contributed by atoms with Gasteiger partial charge in [-0.15, -0.1) is 0 Å². The van der Waals surface area contributed by atoms with Crippen molar-refractivity contribution in [1.82, 2.24) is 10.2 Å². The van der Waals surface area contributed by atoms with Crippen LogP contribution in [0.5, 0.6) is 23.0 Å². The first-order valence-electron chi connectivity index (χ1n) is 13.3. The highest BCUT2D eigenvalue weighted by Crippen LogP contribution is 2.46. The van der Waals surface area contributed by atoms with Gasteiger partial charge < -0.3 is 24.3 Å². The molecular weight excluding hydrogens is 492 g/mol. The molecule has 1 atom stereocenters. The zero-order valence-corrected chi connectivity index (χ0v) is 23.3. The van der Waals surface area contributed by atoms with Crippen molar-refractivity contribution in [1.29, 1.82) is 0 Å². The number of methoxy groups -OCH3 is 4. The number of nitrogens with zero attached hydrogens (tertiary/aromatic N) is 1. The lowest BCUT2D eigenvalue weighted by Crippen LogP contribution is -2.35. The van der Waals surface area contributed by atoms with E-state index < -0.39 is 0 Å². The Hall–Kier alpha value is -3.97. The third-order valence-corrected chi connectivity index (χ3v) is 7.92. The number of benzene rings is 4. The van der Waals surface area contributed by atoms with Crippen LogP contribution in [-0.4, -0.2) is 58.9 Å². The summed E-state index contributed by atoms with van der Waals surface area (Å²) in [6, 6.07) is 18.2. The third-order valence-electron chi connectivity index (χ3n) is 7.92.